The zero-order valence-electron chi connectivity index (χ0n) is 19.5. The number of rotatable bonds is 8. The monoisotopic (exact) mass is 544 g/mol. The molecule has 0 aliphatic heterocycles. The lowest BCUT2D eigenvalue weighted by Gasteiger charge is -2.13. The van der Waals surface area contributed by atoms with Crippen LogP contribution in [0.15, 0.2) is 36.7 Å². The van der Waals surface area contributed by atoms with Gasteiger partial charge in [0.15, 0.2) is 0 Å². The molecule has 0 bridgehead atoms. The Balaban J connectivity index is 0.000000638. The molecule has 0 saturated carbocycles. The summed E-state index contributed by atoms with van der Waals surface area (Å²) in [6, 6.07) is 4.80. The van der Waals surface area contributed by atoms with Gasteiger partial charge in [0.25, 0.3) is 0 Å². The molecule has 2 aromatic heterocycles. The third kappa shape index (κ3) is 8.79. The number of hydrogen-bond acceptors (Lipinski definition) is 7. The lowest BCUT2D eigenvalue weighted by molar-refractivity contribution is -0.192. The fraction of sp³-hybridized carbons (Fsp3) is 0.273. The van der Waals surface area contributed by atoms with Crippen molar-refractivity contribution >= 4 is 23.5 Å². The van der Waals surface area contributed by atoms with Crippen LogP contribution in [0.5, 0.6) is 0 Å². The Morgan fingerprint density at radius 1 is 1.16 bits per heavy atom. The van der Waals surface area contributed by atoms with Crippen molar-refractivity contribution in [1.82, 2.24) is 25.3 Å². The summed E-state index contributed by atoms with van der Waals surface area (Å²) >= 11 is 0. The van der Waals surface area contributed by atoms with E-state index in [9.17, 15) is 36.6 Å². The van der Waals surface area contributed by atoms with Crippen LogP contribution in [0.2, 0.25) is 0 Å². The second kappa shape index (κ2) is 12.6. The molecule has 0 radical (unpaired) electrons. The maximum absolute atomic E-state index is 13.6. The number of aliphatic carboxylic acids is 2. The predicted octanol–water partition coefficient (Wildman–Crippen LogP) is 2.21. The molecule has 11 nitrogen and oxygen atoms in total. The highest BCUT2D eigenvalue weighted by molar-refractivity contribution is 5.84. The quantitative estimate of drug-likeness (QED) is 0.245. The standard InChI is InChI=1S/C20H20F2N6O3.C2HF3O2/c1-11-2-4-14(7-16(11)23)28-10-13(26-27-28)3-5-17(20(30)31)25-19(29)8-18-15(22)6-12(21)9-24-18;3-2(4,5)1(6)7/h2,4,6-7,9-10,17H,3,5,8,23H2,1H3,(H,25,29)(H,30,31);(H,6,7)/t17-;/m0./s1. The second-order valence-electron chi connectivity index (χ2n) is 7.75. The number of hydrogen-bond donors (Lipinski definition) is 4. The Morgan fingerprint density at radius 2 is 1.82 bits per heavy atom. The van der Waals surface area contributed by atoms with Gasteiger partial charge in [0.2, 0.25) is 5.91 Å². The van der Waals surface area contributed by atoms with E-state index in [1.807, 2.05) is 19.1 Å². The highest BCUT2D eigenvalue weighted by atomic mass is 19.4. The van der Waals surface area contributed by atoms with E-state index in [4.69, 9.17) is 15.6 Å². The van der Waals surface area contributed by atoms with Gasteiger partial charge in [0.1, 0.15) is 17.7 Å². The van der Waals surface area contributed by atoms with Crippen LogP contribution >= 0.6 is 0 Å². The molecule has 5 N–H and O–H groups in total. The number of carboxylic acid groups (broad SMARTS) is 2. The third-order valence-electron chi connectivity index (χ3n) is 4.85. The molecule has 0 aliphatic rings. The number of carboxylic acids is 2. The van der Waals surface area contributed by atoms with Crippen LogP contribution in [-0.2, 0) is 27.2 Å². The number of carbonyl (C=O) groups excluding carboxylic acids is 1. The number of nitrogens with zero attached hydrogens (tertiary/aromatic N) is 4. The molecule has 0 saturated heterocycles. The summed E-state index contributed by atoms with van der Waals surface area (Å²) in [6.07, 6.45) is -2.91. The van der Waals surface area contributed by atoms with Crippen LogP contribution in [0.4, 0.5) is 27.6 Å². The number of nitrogen functional groups attached to an aromatic ring is 1. The van der Waals surface area contributed by atoms with Crippen LogP contribution in [0.25, 0.3) is 5.69 Å². The second-order valence-corrected chi connectivity index (χ2v) is 7.75. The number of anilines is 1. The molecule has 3 rings (SSSR count). The van der Waals surface area contributed by atoms with Gasteiger partial charge in [-0.3, -0.25) is 9.78 Å². The lowest BCUT2D eigenvalue weighted by atomic mass is 10.1. The molecule has 1 aromatic carbocycles. The van der Waals surface area contributed by atoms with E-state index in [1.54, 1.807) is 12.3 Å². The highest BCUT2D eigenvalue weighted by Crippen LogP contribution is 2.16. The first-order chi connectivity index (χ1) is 17.7. The van der Waals surface area contributed by atoms with E-state index in [0.29, 0.717) is 23.1 Å². The molecule has 0 aliphatic carbocycles. The van der Waals surface area contributed by atoms with Crippen LogP contribution in [-0.4, -0.2) is 60.3 Å². The number of halogens is 5. The Morgan fingerprint density at radius 3 is 2.37 bits per heavy atom. The van der Waals surface area contributed by atoms with E-state index >= 15 is 0 Å². The van der Waals surface area contributed by atoms with Crippen molar-refractivity contribution in [3.63, 3.8) is 0 Å². The topological polar surface area (TPSA) is 173 Å². The van der Waals surface area contributed by atoms with Gasteiger partial charge in [-0.15, -0.1) is 5.10 Å². The van der Waals surface area contributed by atoms with Gasteiger partial charge in [-0.25, -0.2) is 23.1 Å². The summed E-state index contributed by atoms with van der Waals surface area (Å²) in [5.74, 6) is -6.60. The van der Waals surface area contributed by atoms with Crippen LogP contribution in [0, 0.1) is 18.6 Å². The average Bonchev–Trinajstić information content (AvgIpc) is 3.29. The van der Waals surface area contributed by atoms with E-state index < -0.39 is 48.1 Å². The zero-order valence-corrected chi connectivity index (χ0v) is 19.5. The molecular weight excluding hydrogens is 523 g/mol. The maximum Gasteiger partial charge on any atom is 0.490 e. The van der Waals surface area contributed by atoms with E-state index in [2.05, 4.69) is 20.6 Å². The summed E-state index contributed by atoms with van der Waals surface area (Å²) < 4.78 is 59.8. The maximum atomic E-state index is 13.6. The number of nitrogens with one attached hydrogen (secondary N) is 1. The number of alkyl halides is 3. The Bertz CT molecular complexity index is 1310. The van der Waals surface area contributed by atoms with Crippen molar-refractivity contribution < 1.29 is 46.5 Å². The van der Waals surface area contributed by atoms with E-state index in [-0.39, 0.29) is 18.5 Å². The summed E-state index contributed by atoms with van der Waals surface area (Å²) in [7, 11) is 0. The first kappa shape index (κ1) is 29.6. The first-order valence-electron chi connectivity index (χ1n) is 10.6. The Labute approximate surface area is 211 Å². The number of aromatic nitrogens is 4. The van der Waals surface area contributed by atoms with Gasteiger partial charge in [0.05, 0.1) is 35.9 Å². The summed E-state index contributed by atoms with van der Waals surface area (Å²) in [4.78, 5) is 36.0. The molecular formula is C22H21F5N6O5. The number of aryl methyl sites for hydroxylation is 2. The molecule has 3 aromatic rings. The zero-order chi connectivity index (χ0) is 28.6. The molecule has 0 unspecified atom stereocenters. The smallest absolute Gasteiger partial charge is 0.480 e. The molecule has 38 heavy (non-hydrogen) atoms. The summed E-state index contributed by atoms with van der Waals surface area (Å²) in [5, 5.41) is 26.9. The van der Waals surface area contributed by atoms with Crippen LogP contribution < -0.4 is 11.1 Å². The fourth-order valence-corrected chi connectivity index (χ4v) is 2.83. The van der Waals surface area contributed by atoms with Gasteiger partial charge >= 0.3 is 18.1 Å². The van der Waals surface area contributed by atoms with Crippen molar-refractivity contribution in [1.29, 1.82) is 0 Å². The number of carbonyl (C=O) groups is 3. The van der Waals surface area contributed by atoms with Crippen molar-refractivity contribution in [3.05, 3.63) is 65.2 Å². The highest BCUT2D eigenvalue weighted by Gasteiger charge is 2.38. The van der Waals surface area contributed by atoms with E-state index in [0.717, 1.165) is 11.8 Å². The molecule has 1 atom stereocenters. The molecule has 16 heteroatoms. The first-order valence-corrected chi connectivity index (χ1v) is 10.6. The predicted molar refractivity (Wildman–Crippen MR) is 120 cm³/mol. The Hall–Kier alpha value is -4.63. The van der Waals surface area contributed by atoms with E-state index in [1.165, 1.54) is 4.68 Å². The van der Waals surface area contributed by atoms with Gasteiger partial charge < -0.3 is 21.3 Å². The summed E-state index contributed by atoms with van der Waals surface area (Å²) in [6.45, 7) is 1.88. The number of pyridine rings is 1. The van der Waals surface area contributed by atoms with Crippen molar-refractivity contribution in [2.24, 2.45) is 0 Å². The van der Waals surface area contributed by atoms with Gasteiger partial charge in [-0.2, -0.15) is 13.2 Å². The van der Waals surface area contributed by atoms with Crippen molar-refractivity contribution in [2.75, 3.05) is 5.73 Å². The molecule has 2 heterocycles. The molecule has 1 amide bonds. The third-order valence-corrected chi connectivity index (χ3v) is 4.85. The molecule has 204 valence electrons. The minimum absolute atomic E-state index is 0.0368. The minimum atomic E-state index is -5.08. The average molecular weight is 544 g/mol. The fourth-order valence-electron chi connectivity index (χ4n) is 2.83. The van der Waals surface area contributed by atoms with Gasteiger partial charge in [0, 0.05) is 11.8 Å². The van der Waals surface area contributed by atoms with Gasteiger partial charge in [-0.05, 0) is 37.5 Å². The lowest BCUT2D eigenvalue weighted by Crippen LogP contribution is -2.42. The number of amides is 1. The van der Waals surface area contributed by atoms with Gasteiger partial charge in [-0.1, -0.05) is 11.3 Å². The van der Waals surface area contributed by atoms with Crippen LogP contribution in [0.3, 0.4) is 0 Å². The molecule has 0 spiro atoms. The largest absolute Gasteiger partial charge is 0.490 e. The van der Waals surface area contributed by atoms with Crippen LogP contribution in [0.1, 0.15) is 23.4 Å². The summed E-state index contributed by atoms with van der Waals surface area (Å²) in [5.41, 5.74) is 8.39. The number of nitrogens with two attached hydrogens (primary N) is 1. The SMILES string of the molecule is Cc1ccc(-n2cc(CC[C@H](NC(=O)Cc3ncc(F)cc3F)C(=O)O)nn2)cc1N.O=C(O)C(F)(F)F. The molecule has 0 fully saturated rings. The normalized spacial score (nSPS) is 11.7. The van der Waals surface area contributed by atoms with Crippen molar-refractivity contribution in [2.45, 2.75) is 38.4 Å². The minimum Gasteiger partial charge on any atom is -0.480 e. The van der Waals surface area contributed by atoms with Crippen molar-refractivity contribution in [3.8, 4) is 5.69 Å². The Kier molecular flexibility index (Phi) is 9.78. The number of benzene rings is 1.